The summed E-state index contributed by atoms with van der Waals surface area (Å²) in [6.07, 6.45) is 0. The van der Waals surface area contributed by atoms with Gasteiger partial charge in [-0.25, -0.2) is 8.42 Å². The second-order valence-corrected chi connectivity index (χ2v) is 5.47. The molecule has 8 heteroatoms. The van der Waals surface area contributed by atoms with Crippen LogP contribution >= 0.6 is 0 Å². The first-order valence-electron chi connectivity index (χ1n) is 6.21. The van der Waals surface area contributed by atoms with E-state index in [4.69, 9.17) is 4.42 Å². The molecule has 0 atom stereocenters. The van der Waals surface area contributed by atoms with Crippen LogP contribution in [0.3, 0.4) is 0 Å². The Morgan fingerprint density at radius 1 is 1.00 bits per heavy atom. The molecule has 0 amide bonds. The maximum Gasteiger partial charge on any atom is 1.00 e. The van der Waals surface area contributed by atoms with Crippen molar-refractivity contribution in [2.75, 3.05) is 0 Å². The molecule has 0 radical (unpaired) electrons. The molecule has 1 aromatic heterocycles. The number of benzene rings is 2. The van der Waals surface area contributed by atoms with Crippen LogP contribution in [0.2, 0.25) is 0 Å². The van der Waals surface area contributed by atoms with Crippen LogP contribution in [0, 0.1) is 0 Å². The molecule has 2 aromatic carbocycles. The second kappa shape index (κ2) is 6.86. The standard InChI is InChI=1S/C15H10O6S.Na/c16-13-9-14(10-4-2-1-3-5-10)20-15-8-11(6-7-12(13)15)21-22(17,18)19;/h1-9H,(H,17,18,19);/q;+1/p-1. The summed E-state index contributed by atoms with van der Waals surface area (Å²) in [6, 6.07) is 14.1. The molecule has 0 aliphatic rings. The molecule has 23 heavy (non-hydrogen) atoms. The van der Waals surface area contributed by atoms with Gasteiger partial charge in [0.1, 0.15) is 17.1 Å². The topological polar surface area (TPSA) is 96.6 Å². The van der Waals surface area contributed by atoms with E-state index < -0.39 is 10.4 Å². The third-order valence-corrected chi connectivity index (χ3v) is 3.35. The van der Waals surface area contributed by atoms with Crippen molar-refractivity contribution in [1.29, 1.82) is 0 Å². The Balaban J connectivity index is 0.00000192. The van der Waals surface area contributed by atoms with Gasteiger partial charge in [0.25, 0.3) is 10.4 Å². The molecular formula is C15H9NaO6S. The number of rotatable bonds is 3. The fourth-order valence-corrected chi connectivity index (χ4v) is 2.39. The minimum Gasteiger partial charge on any atom is -0.716 e. The Morgan fingerprint density at radius 3 is 2.35 bits per heavy atom. The minimum atomic E-state index is -4.89. The van der Waals surface area contributed by atoms with Gasteiger partial charge < -0.3 is 13.2 Å². The van der Waals surface area contributed by atoms with Crippen molar-refractivity contribution in [3.8, 4) is 17.1 Å². The van der Waals surface area contributed by atoms with Gasteiger partial charge in [0.15, 0.2) is 5.43 Å². The minimum absolute atomic E-state index is 0. The summed E-state index contributed by atoms with van der Waals surface area (Å²) >= 11 is 0. The summed E-state index contributed by atoms with van der Waals surface area (Å²) < 4.78 is 41.7. The van der Waals surface area contributed by atoms with Crippen molar-refractivity contribution in [2.24, 2.45) is 0 Å². The van der Waals surface area contributed by atoms with Crippen molar-refractivity contribution in [3.63, 3.8) is 0 Å². The molecule has 1 heterocycles. The maximum absolute atomic E-state index is 12.1. The van der Waals surface area contributed by atoms with Crippen LogP contribution in [-0.2, 0) is 10.4 Å². The summed E-state index contributed by atoms with van der Waals surface area (Å²) in [5, 5.41) is 0.260. The van der Waals surface area contributed by atoms with E-state index in [2.05, 4.69) is 4.18 Å². The van der Waals surface area contributed by atoms with E-state index >= 15 is 0 Å². The van der Waals surface area contributed by atoms with E-state index in [1.165, 1.54) is 24.3 Å². The van der Waals surface area contributed by atoms with E-state index in [1.54, 1.807) is 24.3 Å². The van der Waals surface area contributed by atoms with Gasteiger partial charge in [-0.15, -0.1) is 0 Å². The molecule has 3 rings (SSSR count). The number of hydrogen-bond donors (Lipinski definition) is 0. The molecule has 0 saturated heterocycles. The Bertz CT molecular complexity index is 995. The summed E-state index contributed by atoms with van der Waals surface area (Å²) in [5.41, 5.74) is 0.549. The first kappa shape index (κ1) is 17.7. The second-order valence-electron chi connectivity index (χ2n) is 4.49. The van der Waals surface area contributed by atoms with Gasteiger partial charge in [0, 0.05) is 17.7 Å². The van der Waals surface area contributed by atoms with E-state index in [0.29, 0.717) is 11.3 Å². The summed E-state index contributed by atoms with van der Waals surface area (Å²) in [5.74, 6) is 0.121. The van der Waals surface area contributed by atoms with E-state index in [9.17, 15) is 17.8 Å². The average molecular weight is 340 g/mol. The summed E-state index contributed by atoms with van der Waals surface area (Å²) in [7, 11) is -4.89. The molecule has 0 aliphatic heterocycles. The zero-order valence-electron chi connectivity index (χ0n) is 12.1. The van der Waals surface area contributed by atoms with Crippen LogP contribution in [0.4, 0.5) is 0 Å². The Labute approximate surface area is 154 Å². The molecule has 0 saturated carbocycles. The largest absolute Gasteiger partial charge is 1.00 e. The molecular weight excluding hydrogens is 331 g/mol. The third-order valence-electron chi connectivity index (χ3n) is 2.96. The Kier molecular flexibility index (Phi) is 5.28. The predicted octanol–water partition coefficient (Wildman–Crippen LogP) is -0.697. The van der Waals surface area contributed by atoms with Gasteiger partial charge in [0.05, 0.1) is 5.39 Å². The van der Waals surface area contributed by atoms with E-state index in [-0.39, 0.29) is 51.7 Å². The van der Waals surface area contributed by atoms with E-state index in [0.717, 1.165) is 0 Å². The van der Waals surface area contributed by atoms with Crippen molar-refractivity contribution in [1.82, 2.24) is 0 Å². The molecule has 0 spiro atoms. The fraction of sp³-hybridized carbons (Fsp3) is 0. The Morgan fingerprint density at radius 2 is 1.70 bits per heavy atom. The molecule has 0 bridgehead atoms. The van der Waals surface area contributed by atoms with Gasteiger partial charge in [-0.1, -0.05) is 30.3 Å². The van der Waals surface area contributed by atoms with Gasteiger partial charge in [-0.3, -0.25) is 4.79 Å². The van der Waals surface area contributed by atoms with Crippen molar-refractivity contribution in [3.05, 3.63) is 64.8 Å². The molecule has 3 aromatic rings. The van der Waals surface area contributed by atoms with Crippen LogP contribution in [-0.4, -0.2) is 13.0 Å². The Hall–Kier alpha value is -1.64. The smallest absolute Gasteiger partial charge is 0.716 e. The first-order chi connectivity index (χ1) is 10.4. The quantitative estimate of drug-likeness (QED) is 0.355. The fourth-order valence-electron chi connectivity index (χ4n) is 2.05. The molecule has 0 unspecified atom stereocenters. The van der Waals surface area contributed by atoms with Crippen LogP contribution in [0.25, 0.3) is 22.3 Å². The van der Waals surface area contributed by atoms with Crippen molar-refractivity contribution >= 4 is 21.4 Å². The normalized spacial score (nSPS) is 11.0. The van der Waals surface area contributed by atoms with Crippen LogP contribution in [0.5, 0.6) is 5.75 Å². The van der Waals surface area contributed by atoms with Crippen LogP contribution in [0.15, 0.2) is 63.8 Å². The van der Waals surface area contributed by atoms with E-state index in [1.807, 2.05) is 6.07 Å². The molecule has 0 N–H and O–H groups in total. The third kappa shape index (κ3) is 4.21. The summed E-state index contributed by atoms with van der Waals surface area (Å²) in [4.78, 5) is 12.1. The summed E-state index contributed by atoms with van der Waals surface area (Å²) in [6.45, 7) is 0. The van der Waals surface area contributed by atoms with Crippen molar-refractivity contribution in [2.45, 2.75) is 0 Å². The predicted molar refractivity (Wildman–Crippen MR) is 78.2 cm³/mol. The number of hydrogen-bond acceptors (Lipinski definition) is 6. The average Bonchev–Trinajstić information content (AvgIpc) is 2.46. The van der Waals surface area contributed by atoms with Crippen LogP contribution in [0.1, 0.15) is 0 Å². The van der Waals surface area contributed by atoms with Gasteiger partial charge in [-0.2, -0.15) is 0 Å². The van der Waals surface area contributed by atoms with Gasteiger partial charge in [-0.05, 0) is 12.1 Å². The number of fused-ring (bicyclic) bond motifs is 1. The van der Waals surface area contributed by atoms with Crippen LogP contribution < -0.4 is 39.2 Å². The van der Waals surface area contributed by atoms with Gasteiger partial charge in [0.2, 0.25) is 0 Å². The van der Waals surface area contributed by atoms with Crippen molar-refractivity contribution < 1.29 is 51.1 Å². The molecule has 0 fully saturated rings. The molecule has 0 aliphatic carbocycles. The monoisotopic (exact) mass is 340 g/mol. The first-order valence-corrected chi connectivity index (χ1v) is 7.54. The zero-order valence-corrected chi connectivity index (χ0v) is 14.9. The maximum atomic E-state index is 12.1. The molecule has 112 valence electrons. The molecule has 6 nitrogen and oxygen atoms in total. The SMILES string of the molecule is O=c1cc(-c2ccccc2)oc2cc(OS(=O)(=O)[O-])ccc12.[Na+]. The zero-order chi connectivity index (χ0) is 15.7. The van der Waals surface area contributed by atoms with Gasteiger partial charge >= 0.3 is 29.6 Å².